The highest BCUT2D eigenvalue weighted by atomic mass is 127. The van der Waals surface area contributed by atoms with Crippen LogP contribution in [-0.2, 0) is 0 Å². The first-order valence-electron chi connectivity index (χ1n) is 7.21. The molecule has 0 aromatic heterocycles. The normalized spacial score (nSPS) is 10.3. The molecule has 0 heterocycles. The van der Waals surface area contributed by atoms with Crippen LogP contribution in [0.5, 0.6) is 0 Å². The van der Waals surface area contributed by atoms with Gasteiger partial charge in [0.1, 0.15) is 0 Å². The van der Waals surface area contributed by atoms with E-state index in [2.05, 4.69) is 129 Å². The van der Waals surface area contributed by atoms with Crippen molar-refractivity contribution < 1.29 is 0 Å². The molecule has 3 aromatic rings. The van der Waals surface area contributed by atoms with Crippen LogP contribution < -0.4 is 4.90 Å². The van der Waals surface area contributed by atoms with E-state index in [-0.39, 0.29) is 0 Å². The predicted molar refractivity (Wildman–Crippen MR) is 117 cm³/mol. The van der Waals surface area contributed by atoms with Gasteiger partial charge in [-0.05, 0) is 111 Å². The van der Waals surface area contributed by atoms with Crippen LogP contribution in [-0.4, -0.2) is 0 Å². The van der Waals surface area contributed by atoms with E-state index in [1.807, 2.05) is 6.08 Å². The van der Waals surface area contributed by atoms with E-state index in [0.717, 1.165) is 22.6 Å². The molecular formula is C20H15I2N. The van der Waals surface area contributed by atoms with Gasteiger partial charge in [-0.2, -0.15) is 0 Å². The average Bonchev–Trinajstić information content (AvgIpc) is 2.59. The highest BCUT2D eigenvalue weighted by Gasteiger charge is 2.12. The van der Waals surface area contributed by atoms with Crippen LogP contribution in [0.15, 0.2) is 79.4 Å². The number of benzene rings is 3. The Hall–Kier alpha value is -1.34. The minimum absolute atomic E-state index is 1.12. The van der Waals surface area contributed by atoms with Crippen LogP contribution in [0.1, 0.15) is 5.56 Å². The molecule has 23 heavy (non-hydrogen) atoms. The van der Waals surface area contributed by atoms with Gasteiger partial charge >= 0.3 is 0 Å². The zero-order valence-corrected chi connectivity index (χ0v) is 16.7. The lowest BCUT2D eigenvalue weighted by Gasteiger charge is -2.25. The third-order valence-corrected chi connectivity index (χ3v) is 4.99. The van der Waals surface area contributed by atoms with Gasteiger partial charge in [-0.25, -0.2) is 0 Å². The van der Waals surface area contributed by atoms with Gasteiger partial charge in [-0.15, -0.1) is 0 Å². The van der Waals surface area contributed by atoms with Crippen molar-refractivity contribution in [1.29, 1.82) is 0 Å². The SMILES string of the molecule is C=Cc1ccc(N(c2ccc(I)cc2)c2ccc(I)cc2)cc1. The molecule has 3 heteroatoms. The van der Waals surface area contributed by atoms with Crippen LogP contribution in [0, 0.1) is 7.14 Å². The summed E-state index contributed by atoms with van der Waals surface area (Å²) >= 11 is 4.66. The molecule has 0 spiro atoms. The van der Waals surface area contributed by atoms with E-state index in [1.165, 1.54) is 7.14 Å². The number of rotatable bonds is 4. The molecule has 114 valence electrons. The minimum atomic E-state index is 1.12. The van der Waals surface area contributed by atoms with Crippen molar-refractivity contribution in [2.24, 2.45) is 0 Å². The van der Waals surface area contributed by atoms with Crippen molar-refractivity contribution in [2.75, 3.05) is 4.90 Å². The first-order valence-corrected chi connectivity index (χ1v) is 9.37. The Morgan fingerprint density at radius 3 is 1.30 bits per heavy atom. The number of anilines is 3. The summed E-state index contributed by atoms with van der Waals surface area (Å²) in [6.07, 6.45) is 1.86. The van der Waals surface area contributed by atoms with Crippen LogP contribution >= 0.6 is 45.2 Å². The lowest BCUT2D eigenvalue weighted by atomic mass is 10.1. The van der Waals surface area contributed by atoms with Gasteiger partial charge in [-0.1, -0.05) is 24.8 Å². The monoisotopic (exact) mass is 523 g/mol. The molecule has 0 aliphatic carbocycles. The van der Waals surface area contributed by atoms with Crippen molar-refractivity contribution in [3.8, 4) is 0 Å². The fourth-order valence-electron chi connectivity index (χ4n) is 2.39. The molecule has 0 aliphatic rings. The molecule has 0 fully saturated rings. The minimum Gasteiger partial charge on any atom is -0.311 e. The summed E-state index contributed by atoms with van der Waals surface area (Å²) < 4.78 is 2.46. The molecule has 0 radical (unpaired) electrons. The Labute approximate surface area is 164 Å². The van der Waals surface area contributed by atoms with Crippen LogP contribution in [0.25, 0.3) is 6.08 Å². The zero-order valence-electron chi connectivity index (χ0n) is 12.4. The van der Waals surface area contributed by atoms with Crippen molar-refractivity contribution in [1.82, 2.24) is 0 Å². The third-order valence-electron chi connectivity index (χ3n) is 3.56. The quantitative estimate of drug-likeness (QED) is 0.333. The zero-order chi connectivity index (χ0) is 16.2. The summed E-state index contributed by atoms with van der Waals surface area (Å²) in [7, 11) is 0. The van der Waals surface area contributed by atoms with E-state index >= 15 is 0 Å². The molecule has 0 unspecified atom stereocenters. The molecule has 3 rings (SSSR count). The molecule has 0 bridgehead atoms. The lowest BCUT2D eigenvalue weighted by molar-refractivity contribution is 1.28. The van der Waals surface area contributed by atoms with Gasteiger partial charge in [0.25, 0.3) is 0 Å². The first-order chi connectivity index (χ1) is 11.2. The van der Waals surface area contributed by atoms with Gasteiger partial charge in [-0.3, -0.25) is 0 Å². The predicted octanol–water partition coefficient (Wildman–Crippen LogP) is 7.01. The molecule has 0 aliphatic heterocycles. The Kier molecular flexibility index (Phi) is 5.38. The van der Waals surface area contributed by atoms with Crippen LogP contribution in [0.4, 0.5) is 17.1 Å². The molecular weight excluding hydrogens is 508 g/mol. The largest absolute Gasteiger partial charge is 0.311 e. The molecule has 0 saturated carbocycles. The van der Waals surface area contributed by atoms with E-state index < -0.39 is 0 Å². The molecule has 0 saturated heterocycles. The standard InChI is InChI=1S/C20H15I2N/c1-2-15-3-9-18(10-4-15)23(19-11-5-16(21)6-12-19)20-13-7-17(22)8-14-20/h2-14H,1H2. The first kappa shape index (κ1) is 16.5. The maximum atomic E-state index is 3.83. The summed E-state index contributed by atoms with van der Waals surface area (Å²) in [6, 6.07) is 25.6. The van der Waals surface area contributed by atoms with Gasteiger partial charge in [0.2, 0.25) is 0 Å². The summed E-state index contributed by atoms with van der Waals surface area (Å²) in [6.45, 7) is 3.83. The Morgan fingerprint density at radius 1 is 0.609 bits per heavy atom. The molecule has 1 nitrogen and oxygen atoms in total. The summed E-state index contributed by atoms with van der Waals surface area (Å²) in [5, 5.41) is 0. The second-order valence-electron chi connectivity index (χ2n) is 5.08. The molecule has 0 N–H and O–H groups in total. The number of halogens is 2. The Bertz CT molecular complexity index is 745. The lowest BCUT2D eigenvalue weighted by Crippen LogP contribution is -2.09. The summed E-state index contributed by atoms with van der Waals surface area (Å²) in [4.78, 5) is 2.26. The van der Waals surface area contributed by atoms with Crippen LogP contribution in [0.3, 0.4) is 0 Å². The van der Waals surface area contributed by atoms with Crippen molar-refractivity contribution >= 4 is 68.3 Å². The summed E-state index contributed by atoms with van der Waals surface area (Å²) in [5.74, 6) is 0. The Morgan fingerprint density at radius 2 is 0.957 bits per heavy atom. The average molecular weight is 523 g/mol. The molecule has 0 amide bonds. The Balaban J connectivity index is 2.10. The van der Waals surface area contributed by atoms with E-state index in [4.69, 9.17) is 0 Å². The number of hydrogen-bond acceptors (Lipinski definition) is 1. The van der Waals surface area contributed by atoms with Crippen molar-refractivity contribution in [3.63, 3.8) is 0 Å². The highest BCUT2D eigenvalue weighted by Crippen LogP contribution is 2.35. The van der Waals surface area contributed by atoms with Crippen molar-refractivity contribution in [3.05, 3.63) is 92.1 Å². The van der Waals surface area contributed by atoms with Crippen molar-refractivity contribution in [2.45, 2.75) is 0 Å². The number of hydrogen-bond donors (Lipinski definition) is 0. The molecule has 3 aromatic carbocycles. The number of nitrogens with zero attached hydrogens (tertiary/aromatic N) is 1. The fourth-order valence-corrected chi connectivity index (χ4v) is 3.11. The maximum Gasteiger partial charge on any atom is 0.0462 e. The van der Waals surface area contributed by atoms with Gasteiger partial charge in [0.05, 0.1) is 0 Å². The van der Waals surface area contributed by atoms with E-state index in [9.17, 15) is 0 Å². The van der Waals surface area contributed by atoms with Gasteiger partial charge in [0, 0.05) is 24.2 Å². The maximum absolute atomic E-state index is 3.83. The smallest absolute Gasteiger partial charge is 0.0462 e. The van der Waals surface area contributed by atoms with Crippen LogP contribution in [0.2, 0.25) is 0 Å². The second-order valence-corrected chi connectivity index (χ2v) is 7.58. The van der Waals surface area contributed by atoms with E-state index in [1.54, 1.807) is 0 Å². The van der Waals surface area contributed by atoms with Gasteiger partial charge < -0.3 is 4.90 Å². The topological polar surface area (TPSA) is 3.24 Å². The second kappa shape index (κ2) is 7.49. The highest BCUT2D eigenvalue weighted by molar-refractivity contribution is 14.1. The fraction of sp³-hybridized carbons (Fsp3) is 0. The summed E-state index contributed by atoms with van der Waals surface area (Å²) in [5.41, 5.74) is 4.56. The van der Waals surface area contributed by atoms with E-state index in [0.29, 0.717) is 0 Å². The molecule has 0 atom stereocenters. The third kappa shape index (κ3) is 3.95. The van der Waals surface area contributed by atoms with Gasteiger partial charge in [0.15, 0.2) is 0 Å².